The minimum absolute atomic E-state index is 0.0304. The Morgan fingerprint density at radius 3 is 2.83 bits per heavy atom. The van der Waals surface area contributed by atoms with E-state index in [0.717, 1.165) is 54.3 Å². The van der Waals surface area contributed by atoms with Gasteiger partial charge in [0.2, 0.25) is 0 Å². The average Bonchev–Trinajstić information content (AvgIpc) is 2.90. The normalized spacial score (nSPS) is 19.3. The van der Waals surface area contributed by atoms with Gasteiger partial charge in [-0.2, -0.15) is 0 Å². The number of aliphatic carboxylic acids is 1. The quantitative estimate of drug-likeness (QED) is 0.196. The van der Waals surface area contributed by atoms with Crippen molar-refractivity contribution in [3.8, 4) is 5.75 Å². The highest BCUT2D eigenvalue weighted by molar-refractivity contribution is 7.99. The Balaban J connectivity index is 1.31. The van der Waals surface area contributed by atoms with Crippen molar-refractivity contribution >= 4 is 28.6 Å². The fourth-order valence-electron chi connectivity index (χ4n) is 5.07. The molecule has 1 aromatic carbocycles. The molecular weight excluding hydrogens is 479 g/mol. The topological polar surface area (TPSA) is 88.4 Å². The first-order valence-electron chi connectivity index (χ1n) is 12.4. The number of likely N-dealkylation sites (tertiary alicyclic amines) is 1. The number of benzene rings is 1. The number of thioether (sulfide) groups is 1. The first-order chi connectivity index (χ1) is 17.5. The van der Waals surface area contributed by atoms with Crippen LogP contribution in [-0.2, 0) is 4.79 Å². The predicted octanol–water partition coefficient (Wildman–Crippen LogP) is 5.42. The van der Waals surface area contributed by atoms with Gasteiger partial charge in [0, 0.05) is 42.7 Å². The van der Waals surface area contributed by atoms with Crippen LogP contribution in [0.3, 0.4) is 0 Å². The van der Waals surface area contributed by atoms with Gasteiger partial charge in [0.15, 0.2) is 5.16 Å². The van der Waals surface area contributed by atoms with E-state index < -0.39 is 12.1 Å². The molecule has 0 saturated carbocycles. The number of aromatic nitrogens is 3. The lowest BCUT2D eigenvalue weighted by molar-refractivity contribution is -0.139. The predicted molar refractivity (Wildman–Crippen MR) is 139 cm³/mol. The van der Waals surface area contributed by atoms with Crippen LogP contribution in [0.1, 0.15) is 43.8 Å². The number of ether oxygens (including phenoxy) is 1. The van der Waals surface area contributed by atoms with Crippen LogP contribution < -0.4 is 4.74 Å². The Kier molecular flexibility index (Phi) is 9.47. The monoisotopic (exact) mass is 512 g/mol. The lowest BCUT2D eigenvalue weighted by Gasteiger charge is -2.38. The molecule has 0 bridgehead atoms. The number of pyridine rings is 1. The number of piperidine rings is 1. The molecule has 3 atom stereocenters. The molecule has 3 aromatic rings. The Morgan fingerprint density at radius 2 is 2.06 bits per heavy atom. The molecule has 1 N–H and O–H groups in total. The molecular formula is C27H33FN4O3S. The fraction of sp³-hybridized carbons (Fsp3) is 0.481. The zero-order valence-electron chi connectivity index (χ0n) is 20.6. The van der Waals surface area contributed by atoms with Gasteiger partial charge in [0.05, 0.1) is 12.6 Å². The van der Waals surface area contributed by atoms with Gasteiger partial charge >= 0.3 is 5.97 Å². The van der Waals surface area contributed by atoms with Gasteiger partial charge in [-0.05, 0) is 86.5 Å². The number of carboxylic acids is 1. The molecule has 1 saturated heterocycles. The molecule has 0 amide bonds. The Labute approximate surface area is 215 Å². The summed E-state index contributed by atoms with van der Waals surface area (Å²) in [5.41, 5.74) is 1.36. The van der Waals surface area contributed by atoms with Crippen LogP contribution in [0.2, 0.25) is 0 Å². The minimum atomic E-state index is -1.14. The number of nitrogens with zero attached hydrogens (tertiary/aromatic N) is 4. The third-order valence-electron chi connectivity index (χ3n) is 6.92. The van der Waals surface area contributed by atoms with Crippen molar-refractivity contribution in [1.82, 2.24) is 19.9 Å². The lowest BCUT2D eigenvalue weighted by Crippen LogP contribution is -2.42. The maximum Gasteiger partial charge on any atom is 0.303 e. The summed E-state index contributed by atoms with van der Waals surface area (Å²) in [7, 11) is 1.59. The molecule has 3 heterocycles. The van der Waals surface area contributed by atoms with E-state index in [1.165, 1.54) is 0 Å². The number of halogens is 1. The van der Waals surface area contributed by atoms with E-state index in [2.05, 4.69) is 19.9 Å². The van der Waals surface area contributed by atoms with E-state index in [1.54, 1.807) is 49.6 Å². The second kappa shape index (κ2) is 13.0. The second-order valence-corrected chi connectivity index (χ2v) is 10.3. The summed E-state index contributed by atoms with van der Waals surface area (Å²) in [6.07, 6.45) is 7.03. The molecule has 0 aliphatic carbocycles. The molecule has 2 aromatic heterocycles. The average molecular weight is 513 g/mol. The van der Waals surface area contributed by atoms with Crippen molar-refractivity contribution in [1.29, 1.82) is 0 Å². The van der Waals surface area contributed by atoms with Gasteiger partial charge in [-0.15, -0.1) is 0 Å². The molecule has 1 aliphatic rings. The van der Waals surface area contributed by atoms with E-state index in [4.69, 9.17) is 4.74 Å². The highest BCUT2D eigenvalue weighted by Crippen LogP contribution is 2.36. The maximum atomic E-state index is 15.5. The van der Waals surface area contributed by atoms with Crippen molar-refractivity contribution < 1.29 is 19.0 Å². The summed E-state index contributed by atoms with van der Waals surface area (Å²) in [4.78, 5) is 26.7. The zero-order valence-corrected chi connectivity index (χ0v) is 21.4. The smallest absolute Gasteiger partial charge is 0.303 e. The largest absolute Gasteiger partial charge is 0.497 e. The summed E-state index contributed by atoms with van der Waals surface area (Å²) >= 11 is 1.64. The van der Waals surface area contributed by atoms with E-state index in [1.807, 2.05) is 18.2 Å². The SMILES string of the molecule is COc1ccc2nccc(C(F)CC[C@@H]3CCN(CCCSc4ncccn4)C[C@@H]3CC(=O)O)c2c1. The standard InChI is InChI=1S/C27H33FN4O3S/c1-35-21-5-7-25-23(17-21)22(8-12-29-25)24(28)6-4-19-9-14-32(18-20(19)16-26(33)34)13-3-15-36-27-30-10-2-11-31-27/h2,5,7-8,10-12,17,19-20,24H,3-4,6,9,13-16,18H2,1H3,(H,33,34)/t19-,20+,24?/m1/s1. The van der Waals surface area contributed by atoms with Crippen LogP contribution in [0.25, 0.3) is 10.9 Å². The number of carbonyl (C=O) groups is 1. The molecule has 1 fully saturated rings. The first-order valence-corrected chi connectivity index (χ1v) is 13.4. The van der Waals surface area contributed by atoms with Gasteiger partial charge in [-0.1, -0.05) is 11.8 Å². The number of carboxylic acid groups (broad SMARTS) is 1. The molecule has 9 heteroatoms. The van der Waals surface area contributed by atoms with Crippen molar-refractivity contribution in [3.05, 3.63) is 54.5 Å². The van der Waals surface area contributed by atoms with Crippen molar-refractivity contribution in [2.45, 2.75) is 43.4 Å². The number of rotatable bonds is 12. The summed E-state index contributed by atoms with van der Waals surface area (Å²) in [6.45, 7) is 2.58. The number of hydrogen-bond donors (Lipinski definition) is 1. The van der Waals surface area contributed by atoms with E-state index in [9.17, 15) is 9.90 Å². The van der Waals surface area contributed by atoms with Crippen LogP contribution in [0, 0.1) is 11.8 Å². The van der Waals surface area contributed by atoms with Crippen LogP contribution in [0.5, 0.6) is 5.75 Å². The first kappa shape index (κ1) is 26.3. The van der Waals surface area contributed by atoms with Gasteiger partial charge in [-0.25, -0.2) is 14.4 Å². The van der Waals surface area contributed by atoms with E-state index >= 15 is 4.39 Å². The van der Waals surface area contributed by atoms with Crippen LogP contribution in [0.4, 0.5) is 4.39 Å². The summed E-state index contributed by atoms with van der Waals surface area (Å²) in [5, 5.41) is 11.0. The maximum absolute atomic E-state index is 15.5. The molecule has 7 nitrogen and oxygen atoms in total. The number of methoxy groups -OCH3 is 1. The Hall–Kier alpha value is -2.78. The van der Waals surface area contributed by atoms with Gasteiger partial charge < -0.3 is 14.7 Å². The molecule has 36 heavy (non-hydrogen) atoms. The minimum Gasteiger partial charge on any atom is -0.497 e. The van der Waals surface area contributed by atoms with Crippen molar-refractivity contribution in [2.24, 2.45) is 11.8 Å². The molecule has 4 rings (SSSR count). The van der Waals surface area contributed by atoms with Gasteiger partial charge in [-0.3, -0.25) is 9.78 Å². The third kappa shape index (κ3) is 7.13. The van der Waals surface area contributed by atoms with Gasteiger partial charge in [0.1, 0.15) is 11.9 Å². The second-order valence-electron chi connectivity index (χ2n) is 9.27. The van der Waals surface area contributed by atoms with Crippen molar-refractivity contribution in [3.63, 3.8) is 0 Å². The van der Waals surface area contributed by atoms with Crippen LogP contribution >= 0.6 is 11.8 Å². The van der Waals surface area contributed by atoms with Crippen LogP contribution in [0.15, 0.2) is 54.1 Å². The molecule has 1 unspecified atom stereocenters. The van der Waals surface area contributed by atoms with Gasteiger partial charge in [0.25, 0.3) is 0 Å². The zero-order chi connectivity index (χ0) is 25.3. The molecule has 0 radical (unpaired) electrons. The van der Waals surface area contributed by atoms with Crippen LogP contribution in [-0.4, -0.2) is 63.4 Å². The number of alkyl halides is 1. The highest BCUT2D eigenvalue weighted by Gasteiger charge is 2.31. The molecule has 0 spiro atoms. The highest BCUT2D eigenvalue weighted by atomic mass is 32.2. The number of fused-ring (bicyclic) bond motifs is 1. The van der Waals surface area contributed by atoms with E-state index in [-0.39, 0.29) is 18.3 Å². The third-order valence-corrected chi connectivity index (χ3v) is 7.88. The molecule has 1 aliphatic heterocycles. The Bertz CT molecular complexity index is 1140. The van der Waals surface area contributed by atoms with Crippen molar-refractivity contribution in [2.75, 3.05) is 32.5 Å². The summed E-state index contributed by atoms with van der Waals surface area (Å²) < 4.78 is 20.8. The fourth-order valence-corrected chi connectivity index (χ4v) is 5.80. The van der Waals surface area contributed by atoms with E-state index in [0.29, 0.717) is 24.2 Å². The lowest BCUT2D eigenvalue weighted by atomic mass is 9.79. The summed E-state index contributed by atoms with van der Waals surface area (Å²) in [5.74, 6) is 1.04. The summed E-state index contributed by atoms with van der Waals surface area (Å²) in [6, 6.07) is 9.04. The molecule has 192 valence electrons. The number of hydrogen-bond acceptors (Lipinski definition) is 7. The Morgan fingerprint density at radius 1 is 1.22 bits per heavy atom.